The van der Waals surface area contributed by atoms with Crippen LogP contribution in [-0.4, -0.2) is 24.8 Å². The van der Waals surface area contributed by atoms with Gasteiger partial charge in [-0.15, -0.1) is 0 Å². The largest absolute Gasteiger partial charge is 0.489 e. The Morgan fingerprint density at radius 3 is 2.62 bits per heavy atom. The van der Waals surface area contributed by atoms with Crippen LogP contribution in [0.1, 0.15) is 31.2 Å². The van der Waals surface area contributed by atoms with Crippen LogP contribution >= 0.6 is 0 Å². The molecule has 0 aromatic heterocycles. The number of carbonyl (C=O) groups excluding carboxylic acids is 1. The standard InChI is InChI=1S/C27H29N4O3/c1-33-27(32)21-12-10-20(11-13-21)26-30-17-24-25(28)29-14-15-31(24,26)22-8-5-9-23(16-22)34-18-19-6-3-2-4-7-19/h2-9,14-17,20-21H,10-13,18H2,1H3,(H2,28,29)/q+1/t20-,21-,31?. The molecule has 2 heterocycles. The maximum Gasteiger partial charge on any atom is 0.308 e. The summed E-state index contributed by atoms with van der Waals surface area (Å²) >= 11 is 0. The predicted molar refractivity (Wildman–Crippen MR) is 133 cm³/mol. The van der Waals surface area contributed by atoms with Crippen LogP contribution in [0.4, 0.5) is 5.69 Å². The van der Waals surface area contributed by atoms with Crippen molar-refractivity contribution in [1.82, 2.24) is 4.48 Å². The van der Waals surface area contributed by atoms with Gasteiger partial charge in [0.2, 0.25) is 11.5 Å². The predicted octanol–water partition coefficient (Wildman–Crippen LogP) is 4.65. The van der Waals surface area contributed by atoms with Crippen LogP contribution in [0.3, 0.4) is 0 Å². The molecule has 1 unspecified atom stereocenters. The van der Waals surface area contributed by atoms with E-state index in [0.717, 1.165) is 54.2 Å². The minimum absolute atomic E-state index is 0.0395. The number of amidine groups is 2. The van der Waals surface area contributed by atoms with Crippen LogP contribution in [0.25, 0.3) is 0 Å². The summed E-state index contributed by atoms with van der Waals surface area (Å²) in [4.78, 5) is 21.2. The highest BCUT2D eigenvalue weighted by Crippen LogP contribution is 2.43. The van der Waals surface area contributed by atoms with E-state index in [9.17, 15) is 4.79 Å². The van der Waals surface area contributed by atoms with E-state index >= 15 is 0 Å². The van der Waals surface area contributed by atoms with Crippen molar-refractivity contribution in [3.8, 4) is 5.75 Å². The zero-order valence-electron chi connectivity index (χ0n) is 19.3. The minimum Gasteiger partial charge on any atom is -0.489 e. The molecule has 0 radical (unpaired) electrons. The number of carbonyl (C=O) groups is 1. The summed E-state index contributed by atoms with van der Waals surface area (Å²) in [6, 6.07) is 18.2. The van der Waals surface area contributed by atoms with E-state index in [1.807, 2.05) is 54.9 Å². The molecule has 0 spiro atoms. The number of hydrogen-bond acceptors (Lipinski definition) is 6. The van der Waals surface area contributed by atoms with Gasteiger partial charge in [0.15, 0.2) is 11.5 Å². The van der Waals surface area contributed by atoms with Crippen molar-refractivity contribution in [3.05, 3.63) is 84.5 Å². The average molecular weight is 458 g/mol. The first-order chi connectivity index (χ1) is 16.6. The number of hydrogen-bond donors (Lipinski definition) is 1. The molecule has 2 aliphatic heterocycles. The quantitative estimate of drug-likeness (QED) is 0.505. The second-order valence-corrected chi connectivity index (χ2v) is 8.88. The fourth-order valence-corrected chi connectivity index (χ4v) is 5.15. The van der Waals surface area contributed by atoms with Crippen LogP contribution in [0.5, 0.6) is 5.75 Å². The summed E-state index contributed by atoms with van der Waals surface area (Å²) in [5.74, 6) is 2.31. The Bertz CT molecular complexity index is 1190. The van der Waals surface area contributed by atoms with Crippen LogP contribution in [0.2, 0.25) is 0 Å². The molecule has 2 N–H and O–H groups in total. The molecule has 1 atom stereocenters. The number of aliphatic imine (C=N–C) groups is 2. The Labute approximate surface area is 199 Å². The summed E-state index contributed by atoms with van der Waals surface area (Å²) in [5.41, 5.74) is 9.29. The number of ether oxygens (including phenoxy) is 2. The van der Waals surface area contributed by atoms with E-state index < -0.39 is 0 Å². The third-order valence-electron chi connectivity index (χ3n) is 6.93. The van der Waals surface area contributed by atoms with Crippen molar-refractivity contribution < 1.29 is 14.3 Å². The second-order valence-electron chi connectivity index (χ2n) is 8.88. The Hall–Kier alpha value is -3.71. The Kier molecular flexibility index (Phi) is 6.02. The third kappa shape index (κ3) is 3.92. The van der Waals surface area contributed by atoms with Crippen molar-refractivity contribution in [2.75, 3.05) is 7.11 Å². The fraction of sp³-hybridized carbons (Fsp3) is 0.296. The molecule has 1 saturated carbocycles. The fourth-order valence-electron chi connectivity index (χ4n) is 5.15. The smallest absolute Gasteiger partial charge is 0.308 e. The molecule has 0 saturated heterocycles. The molecule has 7 heteroatoms. The van der Waals surface area contributed by atoms with Crippen molar-refractivity contribution >= 4 is 23.3 Å². The van der Waals surface area contributed by atoms with E-state index in [4.69, 9.17) is 20.2 Å². The molecule has 34 heavy (non-hydrogen) atoms. The van der Waals surface area contributed by atoms with Gasteiger partial charge in [-0.3, -0.25) is 4.79 Å². The van der Waals surface area contributed by atoms with Gasteiger partial charge in [-0.25, -0.2) is 9.98 Å². The average Bonchev–Trinajstić information content (AvgIpc) is 3.30. The molecular weight excluding hydrogens is 428 g/mol. The zero-order chi connectivity index (χ0) is 23.5. The van der Waals surface area contributed by atoms with Crippen LogP contribution < -0.4 is 15.0 Å². The van der Waals surface area contributed by atoms with Gasteiger partial charge in [0, 0.05) is 12.1 Å². The van der Waals surface area contributed by atoms with Gasteiger partial charge in [0.1, 0.15) is 18.6 Å². The number of benzene rings is 2. The topological polar surface area (TPSA) is 86.3 Å². The summed E-state index contributed by atoms with van der Waals surface area (Å²) in [6.07, 6.45) is 8.95. The first kappa shape index (κ1) is 22.1. The normalized spacial score (nSPS) is 25.6. The number of esters is 1. The van der Waals surface area contributed by atoms with Gasteiger partial charge in [-0.05, 0) is 37.3 Å². The lowest BCUT2D eigenvalue weighted by molar-refractivity contribution is -0.146. The molecule has 174 valence electrons. The van der Waals surface area contributed by atoms with Gasteiger partial charge in [-0.2, -0.15) is 4.48 Å². The van der Waals surface area contributed by atoms with Crippen LogP contribution in [-0.2, 0) is 16.1 Å². The van der Waals surface area contributed by atoms with Gasteiger partial charge in [0.25, 0.3) is 0 Å². The number of nitrogens with two attached hydrogens (primary N) is 1. The molecule has 2 aromatic rings. The highest BCUT2D eigenvalue weighted by Gasteiger charge is 2.50. The number of methoxy groups -OCH3 is 1. The highest BCUT2D eigenvalue weighted by atomic mass is 16.5. The first-order valence-electron chi connectivity index (χ1n) is 11.7. The van der Waals surface area contributed by atoms with Gasteiger partial charge < -0.3 is 15.2 Å². The van der Waals surface area contributed by atoms with Crippen LogP contribution in [0.15, 0.2) is 88.9 Å². The molecular formula is C27H29N4O3+. The van der Waals surface area contributed by atoms with E-state index in [1.165, 1.54) is 7.11 Å². The Morgan fingerprint density at radius 1 is 1.06 bits per heavy atom. The molecule has 2 aromatic carbocycles. The number of rotatable bonds is 6. The number of fused-ring (bicyclic) bond motifs is 1. The summed E-state index contributed by atoms with van der Waals surface area (Å²) in [7, 11) is 1.46. The van der Waals surface area contributed by atoms with E-state index in [2.05, 4.69) is 17.1 Å². The summed E-state index contributed by atoms with van der Waals surface area (Å²) < 4.78 is 11.4. The van der Waals surface area contributed by atoms with E-state index in [0.29, 0.717) is 16.9 Å². The molecule has 1 aliphatic carbocycles. The van der Waals surface area contributed by atoms with E-state index in [-0.39, 0.29) is 17.8 Å². The monoisotopic (exact) mass is 457 g/mol. The third-order valence-corrected chi connectivity index (χ3v) is 6.93. The maximum atomic E-state index is 12.0. The molecule has 3 aliphatic rings. The molecule has 0 amide bonds. The number of nitrogens with zero attached hydrogens (tertiary/aromatic N) is 3. The van der Waals surface area contributed by atoms with Crippen molar-refractivity contribution in [3.63, 3.8) is 0 Å². The van der Waals surface area contributed by atoms with Crippen molar-refractivity contribution in [2.24, 2.45) is 27.6 Å². The SMILES string of the molecule is COC(=O)[C@H]1CC[C@H](C2=NC=C3C(N)=NC=C[N+]32c2cccc(OCc3ccccc3)c2)CC1. The first-order valence-corrected chi connectivity index (χ1v) is 11.7. The Morgan fingerprint density at radius 2 is 1.85 bits per heavy atom. The summed E-state index contributed by atoms with van der Waals surface area (Å²) in [6.45, 7) is 0.491. The van der Waals surface area contributed by atoms with Gasteiger partial charge >= 0.3 is 5.97 Å². The molecule has 0 bridgehead atoms. The van der Waals surface area contributed by atoms with Crippen LogP contribution in [0, 0.1) is 11.8 Å². The van der Waals surface area contributed by atoms with Gasteiger partial charge in [-0.1, -0.05) is 36.4 Å². The minimum atomic E-state index is -0.118. The molecule has 7 nitrogen and oxygen atoms in total. The van der Waals surface area contributed by atoms with Gasteiger partial charge in [0.05, 0.1) is 31.3 Å². The lowest BCUT2D eigenvalue weighted by atomic mass is 9.80. The maximum absolute atomic E-state index is 12.0. The Balaban J connectivity index is 1.43. The van der Waals surface area contributed by atoms with Crippen molar-refractivity contribution in [2.45, 2.75) is 32.3 Å². The number of quaternary nitrogens is 1. The summed E-state index contributed by atoms with van der Waals surface area (Å²) in [5, 5.41) is 0. The lowest BCUT2D eigenvalue weighted by Crippen LogP contribution is -2.54. The molecule has 5 rings (SSSR count). The van der Waals surface area contributed by atoms with E-state index in [1.54, 1.807) is 6.20 Å². The van der Waals surface area contributed by atoms with Crippen molar-refractivity contribution in [1.29, 1.82) is 0 Å². The zero-order valence-corrected chi connectivity index (χ0v) is 19.3. The highest BCUT2D eigenvalue weighted by molar-refractivity contribution is 6.13. The lowest BCUT2D eigenvalue weighted by Gasteiger charge is -2.38. The molecule has 1 fully saturated rings. The second kappa shape index (κ2) is 9.27.